The van der Waals surface area contributed by atoms with Gasteiger partial charge in [0.25, 0.3) is 0 Å². The minimum absolute atomic E-state index is 0.105. The zero-order valence-electron chi connectivity index (χ0n) is 11.4. The third-order valence-electron chi connectivity index (χ3n) is 2.79. The van der Waals surface area contributed by atoms with Crippen molar-refractivity contribution in [3.05, 3.63) is 48.6 Å². The zero-order chi connectivity index (χ0) is 14.1. The number of nitrogens with zero attached hydrogens (tertiary/aromatic N) is 1. The summed E-state index contributed by atoms with van der Waals surface area (Å²) in [6.45, 7) is 5.85. The normalized spacial score (nSPS) is 10.8. The Morgan fingerprint density at radius 2 is 2.16 bits per heavy atom. The van der Waals surface area contributed by atoms with Crippen LogP contribution in [0.2, 0.25) is 0 Å². The van der Waals surface area contributed by atoms with Crippen molar-refractivity contribution in [3.63, 3.8) is 0 Å². The highest BCUT2D eigenvalue weighted by molar-refractivity contribution is 5.68. The van der Waals surface area contributed by atoms with Gasteiger partial charge in [-0.2, -0.15) is 0 Å². The van der Waals surface area contributed by atoms with Gasteiger partial charge in [0, 0.05) is 0 Å². The van der Waals surface area contributed by atoms with Gasteiger partial charge in [-0.1, -0.05) is 42.3 Å². The first-order chi connectivity index (χ1) is 9.24. The van der Waals surface area contributed by atoms with Crippen molar-refractivity contribution >= 4 is 6.09 Å². The van der Waals surface area contributed by atoms with Crippen LogP contribution in [0.4, 0.5) is 4.79 Å². The summed E-state index contributed by atoms with van der Waals surface area (Å²) < 4.78 is 4.84. The second-order valence-electron chi connectivity index (χ2n) is 3.98. The molecule has 19 heavy (non-hydrogen) atoms. The van der Waals surface area contributed by atoms with E-state index in [4.69, 9.17) is 4.74 Å². The van der Waals surface area contributed by atoms with Crippen molar-refractivity contribution in [3.8, 4) is 11.8 Å². The largest absolute Gasteiger partial charge is 0.453 e. The minimum Gasteiger partial charge on any atom is -0.453 e. The Kier molecular flexibility index (Phi) is 6.25. The Balaban J connectivity index is 3.06. The Hall–Kier alpha value is -2.21. The number of hydrogen-bond acceptors (Lipinski definition) is 2. The molecular formula is C16H19NO2. The summed E-state index contributed by atoms with van der Waals surface area (Å²) in [4.78, 5) is 13.5. The van der Waals surface area contributed by atoms with E-state index in [0.717, 1.165) is 5.56 Å². The van der Waals surface area contributed by atoms with Crippen molar-refractivity contribution < 1.29 is 9.53 Å². The number of benzene rings is 1. The molecule has 0 aliphatic rings. The van der Waals surface area contributed by atoms with Crippen molar-refractivity contribution in [2.45, 2.75) is 19.4 Å². The van der Waals surface area contributed by atoms with E-state index in [1.165, 1.54) is 7.11 Å². The van der Waals surface area contributed by atoms with Crippen LogP contribution in [0.3, 0.4) is 0 Å². The molecule has 0 aliphatic heterocycles. The van der Waals surface area contributed by atoms with Gasteiger partial charge in [0.1, 0.15) is 0 Å². The predicted octanol–water partition coefficient (Wildman–Crippen LogP) is 3.40. The standard InChI is InChI=1S/C16H19NO2/c1-4-6-13-17(16(18)19-3)15(10-5-2)14-11-8-7-9-12-14/h5,7-9,11-12,15H,2,10,13H2,1,3H3. The highest BCUT2D eigenvalue weighted by Crippen LogP contribution is 2.25. The number of amides is 1. The Morgan fingerprint density at radius 3 is 2.68 bits per heavy atom. The van der Waals surface area contributed by atoms with Crippen molar-refractivity contribution in [2.24, 2.45) is 0 Å². The molecule has 0 spiro atoms. The SMILES string of the molecule is C=CCC(c1ccccc1)N(CC#CC)C(=O)OC. The van der Waals surface area contributed by atoms with E-state index in [1.54, 1.807) is 17.9 Å². The summed E-state index contributed by atoms with van der Waals surface area (Å²) in [5, 5.41) is 0. The molecule has 0 aliphatic carbocycles. The lowest BCUT2D eigenvalue weighted by Crippen LogP contribution is -2.35. The van der Waals surface area contributed by atoms with Crippen molar-refractivity contribution in [1.29, 1.82) is 0 Å². The molecular weight excluding hydrogens is 238 g/mol. The Labute approximate surface area is 114 Å². The fraction of sp³-hybridized carbons (Fsp3) is 0.312. The van der Waals surface area contributed by atoms with Crippen LogP contribution >= 0.6 is 0 Å². The highest BCUT2D eigenvalue weighted by Gasteiger charge is 2.23. The summed E-state index contributed by atoms with van der Waals surface area (Å²) in [7, 11) is 1.38. The predicted molar refractivity (Wildman–Crippen MR) is 76.6 cm³/mol. The first-order valence-electron chi connectivity index (χ1n) is 6.14. The van der Waals surface area contributed by atoms with Crippen LogP contribution in [0.15, 0.2) is 43.0 Å². The van der Waals surface area contributed by atoms with Gasteiger partial charge >= 0.3 is 6.09 Å². The molecule has 100 valence electrons. The summed E-state index contributed by atoms with van der Waals surface area (Å²) in [6.07, 6.45) is 2.08. The third-order valence-corrected chi connectivity index (χ3v) is 2.79. The molecule has 0 saturated heterocycles. The summed E-state index contributed by atoms with van der Waals surface area (Å²) in [5.41, 5.74) is 1.05. The maximum Gasteiger partial charge on any atom is 0.410 e. The quantitative estimate of drug-likeness (QED) is 0.597. The van der Waals surface area contributed by atoms with Crippen LogP contribution in [-0.2, 0) is 4.74 Å². The van der Waals surface area contributed by atoms with Crippen LogP contribution in [0.25, 0.3) is 0 Å². The number of carbonyl (C=O) groups excluding carboxylic acids is 1. The van der Waals surface area contributed by atoms with Crippen LogP contribution in [0.1, 0.15) is 24.9 Å². The van der Waals surface area contributed by atoms with E-state index >= 15 is 0 Å². The van der Waals surface area contributed by atoms with Crippen molar-refractivity contribution in [1.82, 2.24) is 4.90 Å². The maximum atomic E-state index is 11.9. The zero-order valence-corrected chi connectivity index (χ0v) is 11.4. The van der Waals surface area contributed by atoms with E-state index in [1.807, 2.05) is 30.3 Å². The number of ether oxygens (including phenoxy) is 1. The molecule has 0 heterocycles. The smallest absolute Gasteiger partial charge is 0.410 e. The summed E-state index contributed by atoms with van der Waals surface area (Å²) in [6, 6.07) is 9.72. The third kappa shape index (κ3) is 4.18. The molecule has 0 radical (unpaired) electrons. The molecule has 1 aromatic carbocycles. The van der Waals surface area contributed by atoms with Crippen LogP contribution in [0.5, 0.6) is 0 Å². The van der Waals surface area contributed by atoms with E-state index < -0.39 is 0 Å². The highest BCUT2D eigenvalue weighted by atomic mass is 16.5. The van der Waals surface area contributed by atoms with Crippen molar-refractivity contribution in [2.75, 3.05) is 13.7 Å². The monoisotopic (exact) mass is 257 g/mol. The fourth-order valence-corrected chi connectivity index (χ4v) is 1.86. The molecule has 0 fully saturated rings. The molecule has 1 aromatic rings. The molecule has 0 saturated carbocycles. The van der Waals surface area contributed by atoms with Crippen LogP contribution in [0, 0.1) is 11.8 Å². The van der Waals surface area contributed by atoms with E-state index in [9.17, 15) is 4.79 Å². The molecule has 0 bridgehead atoms. The van der Waals surface area contributed by atoms with Gasteiger partial charge in [0.2, 0.25) is 0 Å². The lowest BCUT2D eigenvalue weighted by atomic mass is 10.0. The Bertz CT molecular complexity index is 471. The molecule has 1 atom stereocenters. The average Bonchev–Trinajstić information content (AvgIpc) is 2.47. The second kappa shape index (κ2) is 7.99. The molecule has 1 rings (SSSR count). The first-order valence-corrected chi connectivity index (χ1v) is 6.14. The Morgan fingerprint density at radius 1 is 1.47 bits per heavy atom. The van der Waals surface area contributed by atoms with Gasteiger partial charge in [0.05, 0.1) is 19.7 Å². The fourth-order valence-electron chi connectivity index (χ4n) is 1.86. The van der Waals surface area contributed by atoms with E-state index in [-0.39, 0.29) is 12.1 Å². The van der Waals surface area contributed by atoms with E-state index in [0.29, 0.717) is 13.0 Å². The number of methoxy groups -OCH3 is 1. The van der Waals surface area contributed by atoms with Gasteiger partial charge in [-0.05, 0) is 18.9 Å². The van der Waals surface area contributed by atoms with Gasteiger partial charge in [-0.25, -0.2) is 4.79 Å². The maximum absolute atomic E-state index is 11.9. The molecule has 0 N–H and O–H groups in total. The van der Waals surface area contributed by atoms with Gasteiger partial charge in [-0.15, -0.1) is 12.5 Å². The van der Waals surface area contributed by atoms with Crippen LogP contribution < -0.4 is 0 Å². The molecule has 0 aromatic heterocycles. The van der Waals surface area contributed by atoms with Gasteiger partial charge < -0.3 is 4.74 Å². The summed E-state index contributed by atoms with van der Waals surface area (Å²) in [5.74, 6) is 5.71. The molecule has 1 unspecified atom stereocenters. The molecule has 3 heteroatoms. The number of hydrogen-bond donors (Lipinski definition) is 0. The molecule has 1 amide bonds. The van der Waals surface area contributed by atoms with E-state index in [2.05, 4.69) is 18.4 Å². The number of rotatable bonds is 5. The van der Waals surface area contributed by atoms with Gasteiger partial charge in [0.15, 0.2) is 0 Å². The first kappa shape index (κ1) is 14.8. The second-order valence-corrected chi connectivity index (χ2v) is 3.98. The minimum atomic E-state index is -0.376. The average molecular weight is 257 g/mol. The summed E-state index contributed by atoms with van der Waals surface area (Å²) >= 11 is 0. The number of carbonyl (C=O) groups is 1. The molecule has 3 nitrogen and oxygen atoms in total. The topological polar surface area (TPSA) is 29.5 Å². The van der Waals surface area contributed by atoms with Crippen LogP contribution in [-0.4, -0.2) is 24.6 Å². The lowest BCUT2D eigenvalue weighted by Gasteiger charge is -2.28. The lowest BCUT2D eigenvalue weighted by molar-refractivity contribution is 0.111. The van der Waals surface area contributed by atoms with Gasteiger partial charge in [-0.3, -0.25) is 4.90 Å².